The molecule has 0 aliphatic heterocycles. The second kappa shape index (κ2) is 6.19. The van der Waals surface area contributed by atoms with E-state index in [9.17, 15) is 5.11 Å². The first kappa shape index (κ1) is 16.9. The third kappa shape index (κ3) is 9.61. The minimum absolute atomic E-state index is 0.107. The first-order chi connectivity index (χ1) is 7.47. The monoisotopic (exact) mass is 244 g/mol. The van der Waals surface area contributed by atoms with Crippen molar-refractivity contribution in [1.82, 2.24) is 0 Å². The van der Waals surface area contributed by atoms with Crippen molar-refractivity contribution in [3.63, 3.8) is 0 Å². The summed E-state index contributed by atoms with van der Waals surface area (Å²) in [5.41, 5.74) is -0.411. The Balaban J connectivity index is 4.11. The van der Waals surface area contributed by atoms with E-state index in [1.54, 1.807) is 0 Å². The van der Waals surface area contributed by atoms with Gasteiger partial charge in [-0.2, -0.15) is 0 Å². The molecule has 0 aromatic carbocycles. The Kier molecular flexibility index (Phi) is 6.16. The molecule has 0 heterocycles. The molecular formula is C15H32O2. The average Bonchev–Trinajstić information content (AvgIpc) is 1.96. The topological polar surface area (TPSA) is 29.5 Å². The van der Waals surface area contributed by atoms with Gasteiger partial charge in [0.25, 0.3) is 0 Å². The average molecular weight is 244 g/mol. The highest BCUT2D eigenvalue weighted by atomic mass is 16.5. The smallest absolute Gasteiger partial charge is 0.0631 e. The van der Waals surface area contributed by atoms with Crippen molar-refractivity contribution in [2.45, 2.75) is 85.4 Å². The molecule has 17 heavy (non-hydrogen) atoms. The van der Waals surface area contributed by atoms with Crippen molar-refractivity contribution < 1.29 is 9.84 Å². The van der Waals surface area contributed by atoms with E-state index in [2.05, 4.69) is 34.6 Å². The van der Waals surface area contributed by atoms with Gasteiger partial charge in [0.05, 0.1) is 17.8 Å². The highest BCUT2D eigenvalue weighted by molar-refractivity contribution is 4.80. The van der Waals surface area contributed by atoms with Crippen molar-refractivity contribution >= 4 is 0 Å². The van der Waals surface area contributed by atoms with E-state index in [4.69, 9.17) is 4.74 Å². The van der Waals surface area contributed by atoms with Gasteiger partial charge in [0.15, 0.2) is 0 Å². The van der Waals surface area contributed by atoms with Crippen molar-refractivity contribution in [2.75, 3.05) is 6.61 Å². The number of hydrogen-bond donors (Lipinski definition) is 1. The van der Waals surface area contributed by atoms with Crippen LogP contribution in [0.4, 0.5) is 0 Å². The van der Waals surface area contributed by atoms with Crippen LogP contribution in [0.25, 0.3) is 0 Å². The summed E-state index contributed by atoms with van der Waals surface area (Å²) in [6.45, 7) is 15.4. The van der Waals surface area contributed by atoms with Crippen LogP contribution >= 0.6 is 0 Å². The van der Waals surface area contributed by atoms with Crippen LogP contribution in [-0.4, -0.2) is 22.9 Å². The maximum Gasteiger partial charge on any atom is 0.0631 e. The Bertz CT molecular complexity index is 211. The number of hydrogen-bond acceptors (Lipinski definition) is 2. The number of rotatable bonds is 8. The summed E-state index contributed by atoms with van der Waals surface area (Å²) in [7, 11) is 0. The first-order valence-electron chi connectivity index (χ1n) is 6.84. The van der Waals surface area contributed by atoms with Crippen LogP contribution in [0, 0.1) is 5.41 Å². The van der Waals surface area contributed by atoms with E-state index in [1.807, 2.05) is 13.8 Å². The van der Waals surface area contributed by atoms with E-state index in [-0.39, 0.29) is 5.60 Å². The summed E-state index contributed by atoms with van der Waals surface area (Å²) < 4.78 is 5.93. The van der Waals surface area contributed by atoms with Crippen LogP contribution in [0.2, 0.25) is 0 Å². The second-order valence-electron chi connectivity index (χ2n) is 7.26. The lowest BCUT2D eigenvalue weighted by Gasteiger charge is -2.35. The lowest BCUT2D eigenvalue weighted by atomic mass is 9.78. The summed E-state index contributed by atoms with van der Waals surface area (Å²) in [4.78, 5) is 0. The zero-order chi connectivity index (χ0) is 13.7. The summed E-state index contributed by atoms with van der Waals surface area (Å²) in [6.07, 6.45) is 4.18. The van der Waals surface area contributed by atoms with Gasteiger partial charge in [-0.15, -0.1) is 0 Å². The van der Waals surface area contributed by atoms with Gasteiger partial charge in [0.2, 0.25) is 0 Å². The van der Waals surface area contributed by atoms with Crippen molar-refractivity contribution in [3.05, 3.63) is 0 Å². The molecule has 0 aromatic heterocycles. The Morgan fingerprint density at radius 2 is 1.47 bits per heavy atom. The molecular weight excluding hydrogens is 212 g/mol. The van der Waals surface area contributed by atoms with Crippen LogP contribution in [0.1, 0.15) is 74.1 Å². The highest BCUT2D eigenvalue weighted by Gasteiger charge is 2.29. The molecule has 0 spiro atoms. The fourth-order valence-corrected chi connectivity index (χ4v) is 2.55. The minimum Gasteiger partial charge on any atom is -0.390 e. The van der Waals surface area contributed by atoms with E-state index in [0.29, 0.717) is 18.4 Å². The maximum absolute atomic E-state index is 9.65. The van der Waals surface area contributed by atoms with Crippen LogP contribution in [0.3, 0.4) is 0 Å². The van der Waals surface area contributed by atoms with Crippen molar-refractivity contribution in [2.24, 2.45) is 5.41 Å². The summed E-state index contributed by atoms with van der Waals surface area (Å²) in [5, 5.41) is 9.65. The molecule has 0 saturated heterocycles. The predicted molar refractivity (Wildman–Crippen MR) is 74.3 cm³/mol. The third-order valence-corrected chi connectivity index (χ3v) is 3.04. The second-order valence-corrected chi connectivity index (χ2v) is 7.26. The maximum atomic E-state index is 9.65. The normalized spacial score (nSPS) is 14.1. The molecule has 0 aliphatic rings. The van der Waals surface area contributed by atoms with Gasteiger partial charge in [0.1, 0.15) is 0 Å². The fourth-order valence-electron chi connectivity index (χ4n) is 2.55. The molecule has 104 valence electrons. The highest BCUT2D eigenvalue weighted by Crippen LogP contribution is 2.34. The molecule has 2 nitrogen and oxygen atoms in total. The largest absolute Gasteiger partial charge is 0.390 e. The molecule has 2 heteroatoms. The summed E-state index contributed by atoms with van der Waals surface area (Å²) in [5.74, 6) is 0. The van der Waals surface area contributed by atoms with Gasteiger partial charge >= 0.3 is 0 Å². The Morgan fingerprint density at radius 1 is 0.941 bits per heavy atom. The minimum atomic E-state index is -0.630. The van der Waals surface area contributed by atoms with Crippen LogP contribution in [0.5, 0.6) is 0 Å². The Hall–Kier alpha value is -0.0800. The van der Waals surface area contributed by atoms with E-state index in [1.165, 1.54) is 12.8 Å². The van der Waals surface area contributed by atoms with Gasteiger partial charge in [-0.05, 0) is 52.4 Å². The lowest BCUT2D eigenvalue weighted by Crippen LogP contribution is -2.33. The van der Waals surface area contributed by atoms with Gasteiger partial charge in [0, 0.05) is 0 Å². The van der Waals surface area contributed by atoms with Gasteiger partial charge in [-0.3, -0.25) is 0 Å². The molecule has 0 amide bonds. The molecule has 1 N–H and O–H groups in total. The van der Waals surface area contributed by atoms with Gasteiger partial charge in [-0.1, -0.05) is 27.2 Å². The third-order valence-electron chi connectivity index (χ3n) is 3.04. The molecule has 0 rings (SSSR count). The van der Waals surface area contributed by atoms with E-state index in [0.717, 1.165) is 6.42 Å². The molecule has 0 radical (unpaired) electrons. The van der Waals surface area contributed by atoms with E-state index < -0.39 is 5.60 Å². The van der Waals surface area contributed by atoms with E-state index >= 15 is 0 Å². The molecule has 0 atom stereocenters. The fraction of sp³-hybridized carbons (Fsp3) is 1.00. The van der Waals surface area contributed by atoms with Crippen molar-refractivity contribution in [1.29, 1.82) is 0 Å². The van der Waals surface area contributed by atoms with Gasteiger partial charge < -0.3 is 9.84 Å². The van der Waals surface area contributed by atoms with Crippen LogP contribution in [0.15, 0.2) is 0 Å². The molecule has 0 saturated carbocycles. The van der Waals surface area contributed by atoms with Crippen LogP contribution in [-0.2, 0) is 4.74 Å². The quantitative estimate of drug-likeness (QED) is 0.694. The zero-order valence-electron chi connectivity index (χ0n) is 12.9. The standard InChI is InChI=1S/C15H32O2/c1-8-9-13(2,3)12-15(6,7)17-11-10-14(4,5)16/h16H,8-12H2,1-7H3. The number of aliphatic hydroxyl groups is 1. The zero-order valence-corrected chi connectivity index (χ0v) is 12.9. The first-order valence-corrected chi connectivity index (χ1v) is 6.84. The molecule has 0 aromatic rings. The molecule has 0 fully saturated rings. The van der Waals surface area contributed by atoms with Crippen molar-refractivity contribution in [3.8, 4) is 0 Å². The molecule has 0 aliphatic carbocycles. The van der Waals surface area contributed by atoms with Gasteiger partial charge in [-0.25, -0.2) is 0 Å². The molecule has 0 unspecified atom stereocenters. The number of ether oxygens (including phenoxy) is 1. The predicted octanol–water partition coefficient (Wildman–Crippen LogP) is 4.16. The van der Waals surface area contributed by atoms with Crippen LogP contribution < -0.4 is 0 Å². The lowest BCUT2D eigenvalue weighted by molar-refractivity contribution is -0.0669. The summed E-state index contributed by atoms with van der Waals surface area (Å²) >= 11 is 0. The Labute approximate surface area is 108 Å². The SMILES string of the molecule is CCCC(C)(C)CC(C)(C)OCCC(C)(C)O. The summed E-state index contributed by atoms with van der Waals surface area (Å²) in [6, 6.07) is 0. The molecule has 0 bridgehead atoms. The Morgan fingerprint density at radius 3 is 1.88 bits per heavy atom.